The summed E-state index contributed by atoms with van der Waals surface area (Å²) in [6.07, 6.45) is 0. The molecule has 3 aromatic carbocycles. The monoisotopic (exact) mass is 410 g/mol. The van der Waals surface area contributed by atoms with Crippen LogP contribution >= 0.6 is 11.8 Å². The van der Waals surface area contributed by atoms with Gasteiger partial charge in [0.15, 0.2) is 0 Å². The molecular weight excluding hydrogens is 391 g/mol. The lowest BCUT2D eigenvalue weighted by atomic mass is 10.2. The van der Waals surface area contributed by atoms with Crippen molar-refractivity contribution in [3.05, 3.63) is 84.2 Å². The van der Waals surface area contributed by atoms with E-state index in [1.165, 1.54) is 30.0 Å². The molecule has 2 amide bonds. The third kappa shape index (κ3) is 5.83. The van der Waals surface area contributed by atoms with Crippen LogP contribution < -0.4 is 15.4 Å². The van der Waals surface area contributed by atoms with Crippen LogP contribution in [0, 0.1) is 5.82 Å². The van der Waals surface area contributed by atoms with Gasteiger partial charge >= 0.3 is 0 Å². The maximum atomic E-state index is 13.7. The lowest BCUT2D eigenvalue weighted by Crippen LogP contribution is -2.14. The summed E-state index contributed by atoms with van der Waals surface area (Å²) in [5.74, 6) is -0.244. The molecule has 0 unspecified atom stereocenters. The number of methoxy groups -OCH3 is 1. The predicted octanol–water partition coefficient (Wildman–Crippen LogP) is 4.82. The number of benzene rings is 3. The van der Waals surface area contributed by atoms with E-state index in [9.17, 15) is 14.0 Å². The van der Waals surface area contributed by atoms with Crippen LogP contribution in [0.1, 0.15) is 10.4 Å². The van der Waals surface area contributed by atoms with Gasteiger partial charge in [-0.3, -0.25) is 9.59 Å². The smallest absolute Gasteiger partial charge is 0.258 e. The van der Waals surface area contributed by atoms with Gasteiger partial charge in [0.05, 0.1) is 18.4 Å². The minimum absolute atomic E-state index is 0.0128. The number of nitrogens with one attached hydrogen (secondary N) is 2. The van der Waals surface area contributed by atoms with Crippen molar-refractivity contribution in [3.63, 3.8) is 0 Å². The van der Waals surface area contributed by atoms with E-state index in [0.717, 1.165) is 10.6 Å². The number of rotatable bonds is 7. The number of carbonyl (C=O) groups excluding carboxylic acids is 2. The Bertz CT molecular complexity index is 992. The summed E-state index contributed by atoms with van der Waals surface area (Å²) < 4.78 is 18.8. The number of anilines is 2. The maximum Gasteiger partial charge on any atom is 0.258 e. The average molecular weight is 410 g/mol. The molecule has 29 heavy (non-hydrogen) atoms. The molecule has 0 spiro atoms. The van der Waals surface area contributed by atoms with Crippen LogP contribution in [0.3, 0.4) is 0 Å². The molecule has 0 radical (unpaired) electrons. The first-order valence-electron chi connectivity index (χ1n) is 8.78. The molecule has 148 valence electrons. The molecule has 0 heterocycles. The first-order chi connectivity index (χ1) is 14.0. The van der Waals surface area contributed by atoms with Crippen molar-refractivity contribution in [2.45, 2.75) is 4.90 Å². The van der Waals surface area contributed by atoms with Gasteiger partial charge in [-0.1, -0.05) is 12.1 Å². The molecular formula is C22H19FN2O3S. The summed E-state index contributed by atoms with van der Waals surface area (Å²) in [6.45, 7) is 0. The number of halogens is 1. The van der Waals surface area contributed by atoms with Crippen LogP contribution in [0.25, 0.3) is 0 Å². The van der Waals surface area contributed by atoms with E-state index in [1.54, 1.807) is 61.7 Å². The standard InChI is InChI=1S/C22H19FN2O3S/c1-28-17-10-6-15(7-11-17)24-21(26)14-29-18-12-8-16(9-13-18)25-22(27)19-4-2-3-5-20(19)23/h2-13H,14H2,1H3,(H,24,26)(H,25,27). The Balaban J connectivity index is 1.50. The topological polar surface area (TPSA) is 67.4 Å². The van der Waals surface area contributed by atoms with Crippen LogP contribution in [-0.2, 0) is 4.79 Å². The van der Waals surface area contributed by atoms with Crippen LogP contribution in [0.4, 0.5) is 15.8 Å². The molecule has 0 bridgehead atoms. The lowest BCUT2D eigenvalue weighted by molar-refractivity contribution is -0.113. The number of carbonyl (C=O) groups is 2. The van der Waals surface area contributed by atoms with E-state index in [-0.39, 0.29) is 17.2 Å². The van der Waals surface area contributed by atoms with Gasteiger partial charge in [-0.15, -0.1) is 11.8 Å². The molecule has 0 fully saturated rings. The van der Waals surface area contributed by atoms with Crippen molar-refractivity contribution < 1.29 is 18.7 Å². The van der Waals surface area contributed by atoms with Crippen molar-refractivity contribution in [1.82, 2.24) is 0 Å². The highest BCUT2D eigenvalue weighted by atomic mass is 32.2. The van der Waals surface area contributed by atoms with E-state index in [1.807, 2.05) is 0 Å². The molecule has 3 aromatic rings. The second kappa shape index (κ2) is 9.75. The number of ether oxygens (including phenoxy) is 1. The molecule has 0 aliphatic heterocycles. The van der Waals surface area contributed by atoms with Crippen molar-refractivity contribution in [2.24, 2.45) is 0 Å². The fourth-order valence-corrected chi connectivity index (χ4v) is 3.20. The lowest BCUT2D eigenvalue weighted by Gasteiger charge is -2.08. The summed E-state index contributed by atoms with van der Waals surface area (Å²) in [6, 6.07) is 19.9. The third-order valence-electron chi connectivity index (χ3n) is 3.97. The summed E-state index contributed by atoms with van der Waals surface area (Å²) in [7, 11) is 1.58. The molecule has 0 saturated heterocycles. The minimum Gasteiger partial charge on any atom is -0.497 e. The van der Waals surface area contributed by atoms with Gasteiger partial charge in [0.25, 0.3) is 5.91 Å². The summed E-state index contributed by atoms with van der Waals surface area (Å²) >= 11 is 1.37. The van der Waals surface area contributed by atoms with Gasteiger partial charge in [-0.25, -0.2) is 4.39 Å². The minimum atomic E-state index is -0.569. The van der Waals surface area contributed by atoms with E-state index in [4.69, 9.17) is 4.74 Å². The Morgan fingerprint density at radius 1 is 0.897 bits per heavy atom. The number of hydrogen-bond acceptors (Lipinski definition) is 4. The molecule has 0 saturated carbocycles. The Labute approximate surface area is 172 Å². The second-order valence-electron chi connectivity index (χ2n) is 6.02. The first-order valence-corrected chi connectivity index (χ1v) is 9.76. The summed E-state index contributed by atoms with van der Waals surface area (Å²) in [5.41, 5.74) is 1.23. The van der Waals surface area contributed by atoms with Gasteiger partial charge in [-0.05, 0) is 60.7 Å². The van der Waals surface area contributed by atoms with Gasteiger partial charge < -0.3 is 15.4 Å². The van der Waals surface area contributed by atoms with Crippen LogP contribution in [0.5, 0.6) is 5.75 Å². The molecule has 0 atom stereocenters. The van der Waals surface area contributed by atoms with Gasteiger partial charge in [0.2, 0.25) is 5.91 Å². The zero-order valence-corrected chi connectivity index (χ0v) is 16.5. The molecule has 2 N–H and O–H groups in total. The van der Waals surface area contributed by atoms with Crippen molar-refractivity contribution in [2.75, 3.05) is 23.5 Å². The van der Waals surface area contributed by atoms with E-state index in [0.29, 0.717) is 11.4 Å². The summed E-state index contributed by atoms with van der Waals surface area (Å²) in [5, 5.41) is 5.47. The SMILES string of the molecule is COc1ccc(NC(=O)CSc2ccc(NC(=O)c3ccccc3F)cc2)cc1. The van der Waals surface area contributed by atoms with Gasteiger partial charge in [-0.2, -0.15) is 0 Å². The molecule has 0 aromatic heterocycles. The third-order valence-corrected chi connectivity index (χ3v) is 4.99. The average Bonchev–Trinajstić information content (AvgIpc) is 2.74. The zero-order valence-electron chi connectivity index (χ0n) is 15.6. The van der Waals surface area contributed by atoms with Crippen LogP contribution in [-0.4, -0.2) is 24.7 Å². The Hall–Kier alpha value is -3.32. The highest BCUT2D eigenvalue weighted by Crippen LogP contribution is 2.22. The Morgan fingerprint density at radius 2 is 1.52 bits per heavy atom. The highest BCUT2D eigenvalue weighted by Gasteiger charge is 2.11. The predicted molar refractivity (Wildman–Crippen MR) is 113 cm³/mol. The fourth-order valence-electron chi connectivity index (χ4n) is 2.50. The molecule has 0 aliphatic carbocycles. The molecule has 3 rings (SSSR count). The molecule has 0 aliphatic rings. The van der Waals surface area contributed by atoms with Crippen molar-refractivity contribution >= 4 is 35.0 Å². The van der Waals surface area contributed by atoms with Crippen molar-refractivity contribution in [1.29, 1.82) is 0 Å². The second-order valence-corrected chi connectivity index (χ2v) is 7.07. The Kier molecular flexibility index (Phi) is 6.86. The van der Waals surface area contributed by atoms with Crippen LogP contribution in [0.15, 0.2) is 77.7 Å². The Morgan fingerprint density at radius 3 is 2.17 bits per heavy atom. The highest BCUT2D eigenvalue weighted by molar-refractivity contribution is 8.00. The number of amides is 2. The normalized spacial score (nSPS) is 10.3. The van der Waals surface area contributed by atoms with Gasteiger partial charge in [0, 0.05) is 16.3 Å². The summed E-state index contributed by atoms with van der Waals surface area (Å²) in [4.78, 5) is 25.1. The van der Waals surface area contributed by atoms with Gasteiger partial charge in [0.1, 0.15) is 11.6 Å². The van der Waals surface area contributed by atoms with Crippen LogP contribution in [0.2, 0.25) is 0 Å². The van der Waals surface area contributed by atoms with Crippen molar-refractivity contribution in [3.8, 4) is 5.75 Å². The van der Waals surface area contributed by atoms with E-state index < -0.39 is 11.7 Å². The number of thioether (sulfide) groups is 1. The maximum absolute atomic E-state index is 13.7. The number of hydrogen-bond donors (Lipinski definition) is 2. The first kappa shape index (κ1) is 20.4. The molecule has 5 nitrogen and oxygen atoms in total. The molecule has 7 heteroatoms. The van der Waals surface area contributed by atoms with E-state index >= 15 is 0 Å². The quantitative estimate of drug-likeness (QED) is 0.548. The van der Waals surface area contributed by atoms with E-state index in [2.05, 4.69) is 10.6 Å². The largest absolute Gasteiger partial charge is 0.497 e. The fraction of sp³-hybridized carbons (Fsp3) is 0.0909. The zero-order chi connectivity index (χ0) is 20.6.